The third kappa shape index (κ3) is 4.23. The first-order chi connectivity index (χ1) is 12.5. The first-order valence-corrected chi connectivity index (χ1v) is 9.47. The van der Waals surface area contributed by atoms with Gasteiger partial charge in [-0.05, 0) is 60.2 Å². The molecule has 1 heterocycles. The molecule has 3 rings (SSSR count). The van der Waals surface area contributed by atoms with Crippen molar-refractivity contribution in [2.24, 2.45) is 0 Å². The lowest BCUT2D eigenvalue weighted by atomic mass is 10.2. The summed E-state index contributed by atoms with van der Waals surface area (Å²) >= 11 is 12.8. The highest BCUT2D eigenvalue weighted by Gasteiger charge is 2.35. The molecule has 0 atom stereocenters. The molecule has 0 N–H and O–H groups in total. The Morgan fingerprint density at radius 3 is 2.65 bits per heavy atom. The molecule has 2 aromatic carbocycles. The third-order valence-electron chi connectivity index (χ3n) is 3.67. The van der Waals surface area contributed by atoms with E-state index in [1.54, 1.807) is 24.3 Å². The predicted octanol–water partition coefficient (Wildman–Crippen LogP) is 5.63. The highest BCUT2D eigenvalue weighted by molar-refractivity contribution is 8.18. The standard InChI is InChI=1S/C19H15Cl2NO3S/c1-2-25-14-5-3-4-12(8-14)10-17-18(23)22(19(24)26-17)11-13-6-7-15(20)16(21)9-13/h3-10H,2,11H2,1H3/b17-10-. The Balaban J connectivity index is 1.79. The normalized spacial score (nSPS) is 15.8. The lowest BCUT2D eigenvalue weighted by Gasteiger charge is -2.12. The number of thioether (sulfide) groups is 1. The van der Waals surface area contributed by atoms with Gasteiger partial charge in [-0.15, -0.1) is 0 Å². The zero-order valence-electron chi connectivity index (χ0n) is 13.9. The summed E-state index contributed by atoms with van der Waals surface area (Å²) in [6.07, 6.45) is 1.70. The van der Waals surface area contributed by atoms with E-state index in [-0.39, 0.29) is 17.7 Å². The van der Waals surface area contributed by atoms with Crippen LogP contribution in [0.1, 0.15) is 18.1 Å². The second-order valence-electron chi connectivity index (χ2n) is 5.52. The van der Waals surface area contributed by atoms with Crippen molar-refractivity contribution in [3.8, 4) is 5.75 Å². The van der Waals surface area contributed by atoms with Crippen LogP contribution in [-0.2, 0) is 11.3 Å². The van der Waals surface area contributed by atoms with Gasteiger partial charge in [0.15, 0.2) is 0 Å². The number of carbonyl (C=O) groups is 2. The van der Waals surface area contributed by atoms with E-state index in [4.69, 9.17) is 27.9 Å². The molecule has 0 bridgehead atoms. The van der Waals surface area contributed by atoms with Gasteiger partial charge in [-0.3, -0.25) is 14.5 Å². The summed E-state index contributed by atoms with van der Waals surface area (Å²) in [6.45, 7) is 2.61. The van der Waals surface area contributed by atoms with E-state index in [1.807, 2.05) is 31.2 Å². The fourth-order valence-electron chi connectivity index (χ4n) is 2.47. The number of nitrogens with zero attached hydrogens (tertiary/aromatic N) is 1. The monoisotopic (exact) mass is 407 g/mol. The van der Waals surface area contributed by atoms with E-state index in [9.17, 15) is 9.59 Å². The van der Waals surface area contributed by atoms with E-state index < -0.39 is 0 Å². The maximum atomic E-state index is 12.6. The second kappa shape index (κ2) is 8.16. The van der Waals surface area contributed by atoms with Gasteiger partial charge in [0.25, 0.3) is 11.1 Å². The zero-order valence-corrected chi connectivity index (χ0v) is 16.2. The Labute approximate surface area is 165 Å². The lowest BCUT2D eigenvalue weighted by molar-refractivity contribution is -0.123. The smallest absolute Gasteiger partial charge is 0.293 e. The summed E-state index contributed by atoms with van der Waals surface area (Å²) in [5, 5.41) is 0.506. The van der Waals surface area contributed by atoms with Gasteiger partial charge in [-0.1, -0.05) is 41.4 Å². The molecule has 0 aliphatic carbocycles. The Bertz CT molecular complexity index is 898. The number of halogens is 2. The molecule has 134 valence electrons. The number of carbonyl (C=O) groups excluding carboxylic acids is 2. The number of hydrogen-bond acceptors (Lipinski definition) is 4. The summed E-state index contributed by atoms with van der Waals surface area (Å²) in [6, 6.07) is 12.4. The number of hydrogen-bond donors (Lipinski definition) is 0. The van der Waals surface area contributed by atoms with Crippen molar-refractivity contribution in [2.75, 3.05) is 6.61 Å². The zero-order chi connectivity index (χ0) is 18.7. The summed E-state index contributed by atoms with van der Waals surface area (Å²) in [5.41, 5.74) is 1.54. The fraction of sp³-hybridized carbons (Fsp3) is 0.158. The van der Waals surface area contributed by atoms with Gasteiger partial charge in [0, 0.05) is 0 Å². The van der Waals surface area contributed by atoms with Gasteiger partial charge in [0.2, 0.25) is 0 Å². The van der Waals surface area contributed by atoms with Crippen LogP contribution in [0, 0.1) is 0 Å². The van der Waals surface area contributed by atoms with Gasteiger partial charge < -0.3 is 4.74 Å². The summed E-state index contributed by atoms with van der Waals surface area (Å²) in [5.74, 6) is 0.393. The molecular weight excluding hydrogens is 393 g/mol. The topological polar surface area (TPSA) is 46.6 Å². The van der Waals surface area contributed by atoms with Crippen molar-refractivity contribution in [1.29, 1.82) is 0 Å². The Kier molecular flexibility index (Phi) is 5.91. The largest absolute Gasteiger partial charge is 0.494 e. The molecule has 1 saturated heterocycles. The predicted molar refractivity (Wildman–Crippen MR) is 106 cm³/mol. The minimum Gasteiger partial charge on any atom is -0.494 e. The first kappa shape index (κ1) is 18.8. The van der Waals surface area contributed by atoms with Crippen molar-refractivity contribution in [1.82, 2.24) is 4.90 Å². The number of ether oxygens (including phenoxy) is 1. The van der Waals surface area contributed by atoms with Gasteiger partial charge in [0.05, 0.1) is 28.1 Å². The lowest BCUT2D eigenvalue weighted by Crippen LogP contribution is -2.27. The second-order valence-corrected chi connectivity index (χ2v) is 7.33. The van der Waals surface area contributed by atoms with Gasteiger partial charge in [0.1, 0.15) is 5.75 Å². The number of imide groups is 1. The molecule has 0 saturated carbocycles. The van der Waals surface area contributed by atoms with Crippen LogP contribution in [0.15, 0.2) is 47.4 Å². The summed E-state index contributed by atoms with van der Waals surface area (Å²) < 4.78 is 5.46. The van der Waals surface area contributed by atoms with Crippen LogP contribution in [0.2, 0.25) is 10.0 Å². The molecule has 2 aromatic rings. The molecular formula is C19H15Cl2NO3S. The molecule has 0 unspecified atom stereocenters. The average Bonchev–Trinajstić information content (AvgIpc) is 2.86. The molecule has 1 aliphatic rings. The molecule has 26 heavy (non-hydrogen) atoms. The number of amides is 2. The number of rotatable bonds is 5. The molecule has 1 aliphatic heterocycles. The Hall–Kier alpha value is -1.95. The van der Waals surface area contributed by atoms with E-state index in [2.05, 4.69) is 0 Å². The van der Waals surface area contributed by atoms with Crippen LogP contribution in [-0.4, -0.2) is 22.7 Å². The van der Waals surface area contributed by atoms with E-state index in [0.717, 1.165) is 28.6 Å². The first-order valence-electron chi connectivity index (χ1n) is 7.90. The molecule has 0 aromatic heterocycles. The summed E-state index contributed by atoms with van der Waals surface area (Å²) in [7, 11) is 0. The van der Waals surface area contributed by atoms with Crippen molar-refractivity contribution in [3.05, 3.63) is 68.5 Å². The maximum Gasteiger partial charge on any atom is 0.293 e. The molecule has 1 fully saturated rings. The number of benzene rings is 2. The Morgan fingerprint density at radius 1 is 1.12 bits per heavy atom. The SMILES string of the molecule is CCOc1cccc(/C=C2\SC(=O)N(Cc3ccc(Cl)c(Cl)c3)C2=O)c1. The van der Waals surface area contributed by atoms with Crippen molar-refractivity contribution in [2.45, 2.75) is 13.5 Å². The van der Waals surface area contributed by atoms with Crippen molar-refractivity contribution >= 4 is 52.2 Å². The van der Waals surface area contributed by atoms with E-state index >= 15 is 0 Å². The average molecular weight is 408 g/mol. The van der Waals surface area contributed by atoms with Gasteiger partial charge >= 0.3 is 0 Å². The van der Waals surface area contributed by atoms with Gasteiger partial charge in [-0.2, -0.15) is 0 Å². The van der Waals surface area contributed by atoms with E-state index in [1.165, 1.54) is 4.90 Å². The van der Waals surface area contributed by atoms with Crippen LogP contribution in [0.3, 0.4) is 0 Å². The maximum absolute atomic E-state index is 12.6. The van der Waals surface area contributed by atoms with E-state index in [0.29, 0.717) is 21.6 Å². The highest BCUT2D eigenvalue weighted by Crippen LogP contribution is 2.34. The molecule has 0 radical (unpaired) electrons. The Morgan fingerprint density at radius 2 is 1.92 bits per heavy atom. The summed E-state index contributed by atoms with van der Waals surface area (Å²) in [4.78, 5) is 26.4. The van der Waals surface area contributed by atoms with Crippen LogP contribution in [0.5, 0.6) is 5.75 Å². The van der Waals surface area contributed by atoms with Crippen molar-refractivity contribution in [3.63, 3.8) is 0 Å². The van der Waals surface area contributed by atoms with Crippen LogP contribution < -0.4 is 4.74 Å². The van der Waals surface area contributed by atoms with Crippen LogP contribution >= 0.6 is 35.0 Å². The van der Waals surface area contributed by atoms with Crippen LogP contribution in [0.25, 0.3) is 6.08 Å². The highest BCUT2D eigenvalue weighted by atomic mass is 35.5. The fourth-order valence-corrected chi connectivity index (χ4v) is 3.63. The third-order valence-corrected chi connectivity index (χ3v) is 5.31. The van der Waals surface area contributed by atoms with Crippen LogP contribution in [0.4, 0.5) is 4.79 Å². The van der Waals surface area contributed by atoms with Gasteiger partial charge in [-0.25, -0.2) is 0 Å². The molecule has 4 nitrogen and oxygen atoms in total. The molecule has 7 heteroatoms. The van der Waals surface area contributed by atoms with Crippen molar-refractivity contribution < 1.29 is 14.3 Å². The molecule has 2 amide bonds. The minimum atomic E-state index is -0.326. The minimum absolute atomic E-state index is 0.151. The molecule has 0 spiro atoms. The quantitative estimate of drug-likeness (QED) is 0.602.